The number of aromatic nitrogens is 1. The molecule has 0 saturated carbocycles. The maximum atomic E-state index is 12.6. The van der Waals surface area contributed by atoms with E-state index in [1.54, 1.807) is 0 Å². The van der Waals surface area contributed by atoms with Crippen LogP contribution in [0.4, 0.5) is 4.79 Å². The molecule has 2 saturated heterocycles. The van der Waals surface area contributed by atoms with E-state index in [0.717, 1.165) is 56.1 Å². The number of fused-ring (bicyclic) bond motifs is 1. The molecule has 0 radical (unpaired) electrons. The lowest BCUT2D eigenvalue weighted by molar-refractivity contribution is 0.123. The second-order valence-corrected chi connectivity index (χ2v) is 8.22. The number of nitrogens with one attached hydrogen (secondary N) is 1. The van der Waals surface area contributed by atoms with Crippen LogP contribution < -0.4 is 10.7 Å². The highest BCUT2D eigenvalue weighted by molar-refractivity contribution is 7.99. The summed E-state index contributed by atoms with van der Waals surface area (Å²) in [5, 5.41) is 1.19. The Morgan fingerprint density at radius 2 is 2.15 bits per heavy atom. The molecule has 8 heteroatoms. The lowest BCUT2D eigenvalue weighted by Gasteiger charge is -2.43. The maximum Gasteiger partial charge on any atom is 0.320 e. The van der Waals surface area contributed by atoms with Crippen molar-refractivity contribution in [1.82, 2.24) is 24.6 Å². The molecule has 0 aromatic carbocycles. The molecule has 4 heterocycles. The van der Waals surface area contributed by atoms with Crippen molar-refractivity contribution in [2.24, 2.45) is 4.99 Å². The number of piperidine rings is 1. The number of likely N-dealkylation sites (tertiary alicyclic amines) is 1. The largest absolute Gasteiger partial charge is 0.355 e. The third kappa shape index (κ3) is 3.15. The summed E-state index contributed by atoms with van der Waals surface area (Å²) in [4.78, 5) is 29.2. The Morgan fingerprint density at radius 3 is 2.85 bits per heavy atom. The van der Waals surface area contributed by atoms with Crippen molar-refractivity contribution in [2.45, 2.75) is 25.8 Å². The first-order chi connectivity index (χ1) is 12.7. The predicted molar refractivity (Wildman–Crippen MR) is 104 cm³/mol. The minimum absolute atomic E-state index is 0.227. The third-order valence-corrected chi connectivity index (χ3v) is 6.55. The van der Waals surface area contributed by atoms with Crippen LogP contribution in [0.3, 0.4) is 0 Å². The molecule has 26 heavy (non-hydrogen) atoms. The van der Waals surface area contributed by atoms with Crippen molar-refractivity contribution >= 4 is 23.6 Å². The van der Waals surface area contributed by atoms with Crippen molar-refractivity contribution in [1.29, 1.82) is 0 Å². The molecule has 7 nitrogen and oxygen atoms in total. The topological polar surface area (TPSA) is 58.2 Å². The Bertz CT molecular complexity index is 763. The van der Waals surface area contributed by atoms with Crippen LogP contribution in [-0.2, 0) is 0 Å². The minimum Gasteiger partial charge on any atom is -0.355 e. The molecule has 3 aliphatic rings. The average molecular weight is 377 g/mol. The molecule has 2 fully saturated rings. The lowest BCUT2D eigenvalue weighted by atomic mass is 10.0. The Morgan fingerprint density at radius 1 is 1.35 bits per heavy atom. The highest BCUT2D eigenvalue weighted by Gasteiger charge is 2.31. The molecule has 1 aromatic heterocycles. The Kier molecular flexibility index (Phi) is 5.02. The number of carbonyl (C=O) groups excluding carboxylic acids is 1. The van der Waals surface area contributed by atoms with E-state index in [0.29, 0.717) is 12.7 Å². The fraction of sp³-hybridized carbons (Fsp3) is 0.667. The van der Waals surface area contributed by atoms with Gasteiger partial charge in [-0.3, -0.25) is 0 Å². The fourth-order valence-electron chi connectivity index (χ4n) is 4.21. The van der Waals surface area contributed by atoms with E-state index >= 15 is 0 Å². The summed E-state index contributed by atoms with van der Waals surface area (Å²) in [5.74, 6) is 3.18. The average Bonchev–Trinajstić information content (AvgIpc) is 3.35. The van der Waals surface area contributed by atoms with Gasteiger partial charge in [-0.2, -0.15) is 0 Å². The van der Waals surface area contributed by atoms with Gasteiger partial charge < -0.3 is 24.6 Å². The highest BCUT2D eigenvalue weighted by Crippen LogP contribution is 2.24. The third-order valence-electron chi connectivity index (χ3n) is 5.58. The second kappa shape index (κ2) is 7.42. The van der Waals surface area contributed by atoms with Gasteiger partial charge in [0.2, 0.25) is 0 Å². The van der Waals surface area contributed by atoms with Crippen LogP contribution in [0.1, 0.15) is 19.8 Å². The number of thioether (sulfide) groups is 1. The van der Waals surface area contributed by atoms with Crippen LogP contribution >= 0.6 is 11.8 Å². The molecule has 1 aromatic rings. The Balaban J connectivity index is 1.49. The zero-order chi connectivity index (χ0) is 18.1. The molecule has 4 rings (SSSR count). The number of hydrogen-bond donors (Lipinski definition) is 1. The lowest BCUT2D eigenvalue weighted by Crippen LogP contribution is -2.53. The maximum absolute atomic E-state index is 12.6. The predicted octanol–water partition coefficient (Wildman–Crippen LogP) is 0.516. The van der Waals surface area contributed by atoms with Gasteiger partial charge in [0, 0.05) is 51.2 Å². The van der Waals surface area contributed by atoms with Crippen LogP contribution in [-0.4, -0.2) is 88.2 Å². The SMILES string of the molecule is CCN(C1=c2cc[nH]c2=NCN1C)C1CCN(C(=O)N2CCSC2)CC1. The number of hydrogen-bond acceptors (Lipinski definition) is 5. The van der Waals surface area contributed by atoms with E-state index in [-0.39, 0.29) is 6.03 Å². The normalized spacial score (nSPS) is 21.0. The Hall–Kier alpha value is -1.83. The quantitative estimate of drug-likeness (QED) is 0.835. The summed E-state index contributed by atoms with van der Waals surface area (Å²) in [5.41, 5.74) is 0.982. The number of amides is 2. The minimum atomic E-state index is 0.227. The van der Waals surface area contributed by atoms with Crippen molar-refractivity contribution in [3.8, 4) is 0 Å². The summed E-state index contributed by atoms with van der Waals surface area (Å²) in [6, 6.07) is 2.82. The zero-order valence-electron chi connectivity index (χ0n) is 15.6. The van der Waals surface area contributed by atoms with Gasteiger partial charge in [-0.05, 0) is 25.8 Å². The molecular formula is C18H28N6OS. The summed E-state index contributed by atoms with van der Waals surface area (Å²) in [6.45, 7) is 6.46. The molecule has 0 aliphatic carbocycles. The van der Waals surface area contributed by atoms with Gasteiger partial charge in [-0.25, -0.2) is 9.79 Å². The number of carbonyl (C=O) groups is 1. The second-order valence-electron chi connectivity index (χ2n) is 7.15. The van der Waals surface area contributed by atoms with E-state index < -0.39 is 0 Å². The zero-order valence-corrected chi connectivity index (χ0v) is 16.5. The number of urea groups is 1. The van der Waals surface area contributed by atoms with E-state index in [4.69, 9.17) is 0 Å². The first kappa shape index (κ1) is 17.6. The van der Waals surface area contributed by atoms with Crippen LogP contribution in [0.2, 0.25) is 0 Å². The van der Waals surface area contributed by atoms with Crippen molar-refractivity contribution < 1.29 is 4.79 Å². The molecule has 142 valence electrons. The standard InChI is InChI=1S/C18H28N6OS/c1-3-24(17-15-4-7-19-16(15)20-12-21(17)2)14-5-8-22(9-6-14)18(25)23-10-11-26-13-23/h4,7,14H,3,5-6,8-13H2,1-2H3,(H,19,20). The van der Waals surface area contributed by atoms with Gasteiger partial charge in [0.05, 0.1) is 11.1 Å². The summed E-state index contributed by atoms with van der Waals surface area (Å²) >= 11 is 1.85. The van der Waals surface area contributed by atoms with E-state index in [2.05, 4.69) is 39.8 Å². The van der Waals surface area contributed by atoms with Crippen LogP contribution in [0.15, 0.2) is 17.3 Å². The summed E-state index contributed by atoms with van der Waals surface area (Å²) in [7, 11) is 2.11. The Labute approximate surface area is 158 Å². The molecule has 0 spiro atoms. The van der Waals surface area contributed by atoms with Crippen LogP contribution in [0, 0.1) is 0 Å². The molecule has 3 aliphatic heterocycles. The number of H-pyrrole nitrogens is 1. The first-order valence-electron chi connectivity index (χ1n) is 9.50. The van der Waals surface area contributed by atoms with E-state index in [1.165, 1.54) is 11.0 Å². The highest BCUT2D eigenvalue weighted by atomic mass is 32.2. The van der Waals surface area contributed by atoms with Crippen molar-refractivity contribution in [2.75, 3.05) is 51.5 Å². The molecule has 2 amide bonds. The number of rotatable bonds is 3. The molecular weight excluding hydrogens is 348 g/mol. The molecule has 0 atom stereocenters. The first-order valence-corrected chi connectivity index (χ1v) is 10.7. The molecule has 0 unspecified atom stereocenters. The van der Waals surface area contributed by atoms with Crippen LogP contribution in [0.5, 0.6) is 0 Å². The fourth-order valence-corrected chi connectivity index (χ4v) is 5.15. The van der Waals surface area contributed by atoms with Gasteiger partial charge in [0.15, 0.2) is 0 Å². The smallest absolute Gasteiger partial charge is 0.320 e. The van der Waals surface area contributed by atoms with Crippen LogP contribution in [0.25, 0.3) is 5.82 Å². The van der Waals surface area contributed by atoms with Gasteiger partial charge in [0.1, 0.15) is 18.0 Å². The van der Waals surface area contributed by atoms with Gasteiger partial charge in [-0.15, -0.1) is 11.8 Å². The molecule has 0 bridgehead atoms. The number of aromatic amines is 1. The monoisotopic (exact) mass is 376 g/mol. The van der Waals surface area contributed by atoms with Crippen molar-refractivity contribution in [3.63, 3.8) is 0 Å². The number of nitrogens with zero attached hydrogens (tertiary/aromatic N) is 5. The molecule has 1 N–H and O–H groups in total. The van der Waals surface area contributed by atoms with E-state index in [9.17, 15) is 4.79 Å². The summed E-state index contributed by atoms with van der Waals surface area (Å²) < 4.78 is 0. The summed E-state index contributed by atoms with van der Waals surface area (Å²) in [6.07, 6.45) is 4.01. The van der Waals surface area contributed by atoms with Crippen molar-refractivity contribution in [3.05, 3.63) is 23.0 Å². The van der Waals surface area contributed by atoms with E-state index in [1.807, 2.05) is 27.8 Å². The van der Waals surface area contributed by atoms with Gasteiger partial charge >= 0.3 is 6.03 Å². The van der Waals surface area contributed by atoms with Gasteiger partial charge in [0.25, 0.3) is 0 Å². The van der Waals surface area contributed by atoms with Gasteiger partial charge in [-0.1, -0.05) is 0 Å².